The lowest BCUT2D eigenvalue weighted by atomic mass is 9.89. The van der Waals surface area contributed by atoms with Crippen LogP contribution in [0.4, 0.5) is 5.95 Å². The summed E-state index contributed by atoms with van der Waals surface area (Å²) in [6.45, 7) is 2.72. The molecule has 1 aliphatic heterocycles. The molecule has 168 valence electrons. The van der Waals surface area contributed by atoms with Gasteiger partial charge in [-0.15, -0.1) is 0 Å². The summed E-state index contributed by atoms with van der Waals surface area (Å²) < 4.78 is 12.4. The molecule has 0 bridgehead atoms. The molecule has 4 rings (SSSR count). The van der Waals surface area contributed by atoms with Crippen molar-refractivity contribution >= 4 is 52.1 Å². The fourth-order valence-electron chi connectivity index (χ4n) is 4.12. The van der Waals surface area contributed by atoms with Crippen LogP contribution in [0, 0.1) is 5.92 Å². The Labute approximate surface area is 195 Å². The Balaban J connectivity index is 1.95. The number of para-hydroxylation sites is 2. The molecular formula is C23H23Cl2N3O4. The number of benzene rings is 2. The Bertz CT molecular complexity index is 1160. The number of imidazole rings is 1. The van der Waals surface area contributed by atoms with Gasteiger partial charge in [0.25, 0.3) is 0 Å². The molecular weight excluding hydrogens is 453 g/mol. The van der Waals surface area contributed by atoms with Gasteiger partial charge in [0, 0.05) is 20.3 Å². The molecule has 2 heterocycles. The van der Waals surface area contributed by atoms with E-state index in [1.807, 2.05) is 28.8 Å². The highest BCUT2D eigenvalue weighted by molar-refractivity contribution is 6.42. The first-order chi connectivity index (χ1) is 15.5. The monoisotopic (exact) mass is 475 g/mol. The van der Waals surface area contributed by atoms with Crippen molar-refractivity contribution < 1.29 is 19.1 Å². The number of ether oxygens (including phenoxy) is 2. The average molecular weight is 476 g/mol. The lowest BCUT2D eigenvalue weighted by Crippen LogP contribution is -2.50. The number of hydrogen-bond donors (Lipinski definition) is 0. The molecule has 1 aromatic heterocycles. The highest BCUT2D eigenvalue weighted by Crippen LogP contribution is 2.42. The number of aromatic nitrogens is 2. The summed E-state index contributed by atoms with van der Waals surface area (Å²) in [6.07, 6.45) is 0.596. The van der Waals surface area contributed by atoms with Gasteiger partial charge >= 0.3 is 5.97 Å². The summed E-state index contributed by atoms with van der Waals surface area (Å²) in [6, 6.07) is 12.0. The molecule has 0 spiro atoms. The minimum atomic E-state index is -1.10. The fourth-order valence-corrected chi connectivity index (χ4v) is 4.43. The van der Waals surface area contributed by atoms with Crippen molar-refractivity contribution in [2.75, 3.05) is 31.8 Å². The summed E-state index contributed by atoms with van der Waals surface area (Å²) in [7, 11) is 1.61. The van der Waals surface area contributed by atoms with E-state index in [4.69, 9.17) is 37.7 Å². The zero-order valence-corrected chi connectivity index (χ0v) is 19.3. The third-order valence-corrected chi connectivity index (χ3v) is 6.24. The van der Waals surface area contributed by atoms with Crippen molar-refractivity contribution in [2.45, 2.75) is 19.4 Å². The Morgan fingerprint density at radius 3 is 2.66 bits per heavy atom. The molecule has 0 aliphatic carbocycles. The highest BCUT2D eigenvalue weighted by Gasteiger charge is 2.47. The molecule has 0 radical (unpaired) electrons. The van der Waals surface area contributed by atoms with Gasteiger partial charge in [-0.05, 0) is 43.2 Å². The van der Waals surface area contributed by atoms with Crippen molar-refractivity contribution in [3.8, 4) is 0 Å². The standard InChI is InChI=1S/C23H23Cl2N3O4/c1-3-32-22(30)19-20(14-9-10-15(24)16(25)13-14)28-18-8-5-4-7-17(18)26-23(28)27(21(19)29)11-6-12-31-2/h4-5,7-10,13,19-20H,3,6,11-12H2,1-2H3/t19-,20-/m0/s1. The molecule has 7 nitrogen and oxygen atoms in total. The van der Waals surface area contributed by atoms with E-state index in [1.165, 1.54) is 0 Å². The Morgan fingerprint density at radius 1 is 1.16 bits per heavy atom. The summed E-state index contributed by atoms with van der Waals surface area (Å²) >= 11 is 12.4. The first-order valence-electron chi connectivity index (χ1n) is 10.4. The van der Waals surface area contributed by atoms with Gasteiger partial charge in [0.2, 0.25) is 11.9 Å². The number of halogens is 2. The summed E-state index contributed by atoms with van der Waals surface area (Å²) in [5, 5.41) is 0.731. The third kappa shape index (κ3) is 3.96. The maximum atomic E-state index is 13.7. The summed E-state index contributed by atoms with van der Waals surface area (Å²) in [4.78, 5) is 33.1. The van der Waals surface area contributed by atoms with Gasteiger partial charge in [0.05, 0.1) is 33.7 Å². The van der Waals surface area contributed by atoms with E-state index in [9.17, 15) is 9.59 Å². The first-order valence-corrected chi connectivity index (χ1v) is 11.1. The summed E-state index contributed by atoms with van der Waals surface area (Å²) in [5.41, 5.74) is 2.20. The molecule has 2 aromatic carbocycles. The van der Waals surface area contributed by atoms with Crippen LogP contribution in [0.15, 0.2) is 42.5 Å². The SMILES string of the molecule is CCOC(=O)[C@@H]1C(=O)N(CCCOC)c2nc3ccccc3n2[C@H]1c1ccc(Cl)c(Cl)c1. The maximum Gasteiger partial charge on any atom is 0.321 e. The normalized spacial score (nSPS) is 18.1. The minimum Gasteiger partial charge on any atom is -0.465 e. The molecule has 0 unspecified atom stereocenters. The van der Waals surface area contributed by atoms with Crippen LogP contribution in [-0.4, -0.2) is 48.3 Å². The lowest BCUT2D eigenvalue weighted by Gasteiger charge is -2.38. The van der Waals surface area contributed by atoms with E-state index < -0.39 is 17.9 Å². The van der Waals surface area contributed by atoms with Crippen LogP contribution in [0.25, 0.3) is 11.0 Å². The molecule has 0 fully saturated rings. The molecule has 1 amide bonds. The van der Waals surface area contributed by atoms with Crippen molar-refractivity contribution in [3.63, 3.8) is 0 Å². The summed E-state index contributed by atoms with van der Waals surface area (Å²) in [5.74, 6) is -1.57. The number of anilines is 1. The fraction of sp³-hybridized carbons (Fsp3) is 0.348. The number of carbonyl (C=O) groups excluding carboxylic acids is 2. The zero-order valence-electron chi connectivity index (χ0n) is 17.8. The minimum absolute atomic E-state index is 0.165. The molecule has 32 heavy (non-hydrogen) atoms. The van der Waals surface area contributed by atoms with Gasteiger partial charge in [-0.2, -0.15) is 0 Å². The number of hydrogen-bond acceptors (Lipinski definition) is 5. The third-order valence-electron chi connectivity index (χ3n) is 5.50. The van der Waals surface area contributed by atoms with E-state index >= 15 is 0 Å². The number of nitrogens with zero attached hydrogens (tertiary/aromatic N) is 3. The van der Waals surface area contributed by atoms with Crippen LogP contribution in [-0.2, 0) is 19.1 Å². The van der Waals surface area contributed by atoms with Gasteiger partial charge in [0.15, 0.2) is 5.92 Å². The molecule has 0 N–H and O–H groups in total. The second kappa shape index (κ2) is 9.48. The van der Waals surface area contributed by atoms with Gasteiger partial charge in [-0.25, -0.2) is 4.98 Å². The molecule has 0 saturated carbocycles. The largest absolute Gasteiger partial charge is 0.465 e. The van der Waals surface area contributed by atoms with E-state index in [1.54, 1.807) is 37.1 Å². The van der Waals surface area contributed by atoms with E-state index in [0.717, 1.165) is 11.0 Å². The molecule has 3 aromatic rings. The number of amides is 1. The second-order valence-corrected chi connectivity index (χ2v) is 8.27. The molecule has 1 aliphatic rings. The van der Waals surface area contributed by atoms with Gasteiger partial charge < -0.3 is 14.0 Å². The van der Waals surface area contributed by atoms with Gasteiger partial charge in [-0.1, -0.05) is 41.4 Å². The zero-order chi connectivity index (χ0) is 22.8. The van der Waals surface area contributed by atoms with Crippen molar-refractivity contribution in [1.82, 2.24) is 9.55 Å². The van der Waals surface area contributed by atoms with Crippen molar-refractivity contribution in [3.05, 3.63) is 58.1 Å². The Hall–Kier alpha value is -2.61. The smallest absolute Gasteiger partial charge is 0.321 e. The molecule has 0 saturated heterocycles. The van der Waals surface area contributed by atoms with Crippen LogP contribution < -0.4 is 4.90 Å². The number of esters is 1. The first kappa shape index (κ1) is 22.6. The number of rotatable bonds is 7. The van der Waals surface area contributed by atoms with Crippen LogP contribution in [0.2, 0.25) is 10.0 Å². The average Bonchev–Trinajstić information content (AvgIpc) is 3.16. The predicted molar refractivity (Wildman–Crippen MR) is 123 cm³/mol. The van der Waals surface area contributed by atoms with Crippen LogP contribution in [0.5, 0.6) is 0 Å². The van der Waals surface area contributed by atoms with Crippen LogP contribution in [0.3, 0.4) is 0 Å². The van der Waals surface area contributed by atoms with E-state index in [-0.39, 0.29) is 12.5 Å². The van der Waals surface area contributed by atoms with Crippen molar-refractivity contribution in [1.29, 1.82) is 0 Å². The van der Waals surface area contributed by atoms with E-state index in [0.29, 0.717) is 41.1 Å². The van der Waals surface area contributed by atoms with E-state index in [2.05, 4.69) is 0 Å². The molecule has 2 atom stereocenters. The topological polar surface area (TPSA) is 73.7 Å². The maximum absolute atomic E-state index is 13.7. The molecule has 9 heteroatoms. The van der Waals surface area contributed by atoms with Crippen LogP contribution >= 0.6 is 23.2 Å². The van der Waals surface area contributed by atoms with Crippen LogP contribution in [0.1, 0.15) is 24.9 Å². The van der Waals surface area contributed by atoms with Gasteiger partial charge in [-0.3, -0.25) is 14.5 Å². The number of carbonyl (C=O) groups is 2. The number of fused-ring (bicyclic) bond motifs is 3. The number of methoxy groups -OCH3 is 1. The quantitative estimate of drug-likeness (QED) is 0.285. The second-order valence-electron chi connectivity index (χ2n) is 7.45. The highest BCUT2D eigenvalue weighted by atomic mass is 35.5. The van der Waals surface area contributed by atoms with Crippen molar-refractivity contribution in [2.24, 2.45) is 5.92 Å². The Kier molecular flexibility index (Phi) is 6.69. The van der Waals surface area contributed by atoms with Gasteiger partial charge in [0.1, 0.15) is 0 Å². The Morgan fingerprint density at radius 2 is 1.94 bits per heavy atom. The lowest BCUT2D eigenvalue weighted by molar-refractivity contribution is -0.153. The predicted octanol–water partition coefficient (Wildman–Crippen LogP) is 4.49.